The van der Waals surface area contributed by atoms with E-state index in [-0.39, 0.29) is 20.1 Å². The van der Waals surface area contributed by atoms with E-state index in [0.717, 1.165) is 46.0 Å². The van der Waals surface area contributed by atoms with Crippen LogP contribution < -0.4 is 9.80 Å². The summed E-state index contributed by atoms with van der Waals surface area (Å²) in [6, 6.07) is 41.3. The summed E-state index contributed by atoms with van der Waals surface area (Å²) in [6.45, 7) is 3.37. The molecular weight excluding hydrogens is 878 g/mol. The third-order valence-electron chi connectivity index (χ3n) is 9.52. The first-order valence-electron chi connectivity index (χ1n) is 17.2. The van der Waals surface area contributed by atoms with Crippen LogP contribution in [0, 0.1) is 31.5 Å². The minimum absolute atomic E-state index is 0. The monoisotopic (exact) mass is 910 g/mol. The average molecular weight is 910 g/mol. The summed E-state index contributed by atoms with van der Waals surface area (Å²) in [7, 11) is 5.65. The number of halogens is 3. The van der Waals surface area contributed by atoms with Crippen LogP contribution in [0.15, 0.2) is 128 Å². The Hall–Kier alpha value is -5.97. The molecule has 0 amide bonds. The van der Waals surface area contributed by atoms with Gasteiger partial charge in [0.15, 0.2) is 5.82 Å². The van der Waals surface area contributed by atoms with E-state index < -0.39 is 11.7 Å². The van der Waals surface area contributed by atoms with Crippen LogP contribution in [0.4, 0.5) is 24.5 Å². The number of fused-ring (bicyclic) bond motifs is 6. The fraction of sp³-hybridized carbons (Fsp3) is 0.0930. The van der Waals surface area contributed by atoms with Crippen molar-refractivity contribution in [1.29, 1.82) is 0 Å². The second-order valence-corrected chi connectivity index (χ2v) is 13.2. The quantitative estimate of drug-likeness (QED) is 0.165. The van der Waals surface area contributed by atoms with Gasteiger partial charge in [-0.15, -0.1) is 40.3 Å². The van der Waals surface area contributed by atoms with E-state index in [9.17, 15) is 13.2 Å². The Morgan fingerprint density at radius 2 is 1.11 bits per heavy atom. The number of aromatic nitrogens is 4. The predicted octanol–water partition coefficient (Wildman–Crippen LogP) is 9.40. The van der Waals surface area contributed by atoms with Crippen molar-refractivity contribution in [2.24, 2.45) is 7.05 Å². The maximum Gasteiger partial charge on any atom is 0.394 e. The van der Waals surface area contributed by atoms with Gasteiger partial charge in [-0.05, 0) is 61.8 Å². The standard InChI is InChI=1S/C28H18N4.C15H14F3N4.Ir/c1-30-18-27(31-23-14-6-2-10-19(23)20-11-3-7-15-24(20)31)29-28(30)32-25-16-8-4-12-21(25)22-13-5-9-17-26(22)32;1-19-3-5-21(10-19)13-7-12(15(16,17)18)8-14(9-13)22-6-4-20(2)11-22;/h2-14,16,18H,1H3;3-8,10-11H,1-2H3;/q-2;-3;. The molecule has 5 heterocycles. The Labute approximate surface area is 329 Å². The van der Waals surface area contributed by atoms with Crippen LogP contribution in [-0.2, 0) is 33.3 Å². The molecular formula is C43H32F3IrN8-5. The van der Waals surface area contributed by atoms with Crippen molar-refractivity contribution in [3.63, 3.8) is 0 Å². The van der Waals surface area contributed by atoms with Crippen molar-refractivity contribution in [3.05, 3.63) is 165 Å². The van der Waals surface area contributed by atoms with Gasteiger partial charge in [0, 0.05) is 38.2 Å². The number of nitrogens with zero attached hydrogens (tertiary/aromatic N) is 8. The number of imidazole rings is 1. The van der Waals surface area contributed by atoms with E-state index in [1.807, 2.05) is 31.3 Å². The summed E-state index contributed by atoms with van der Waals surface area (Å²) in [5.41, 5.74) is 4.28. The van der Waals surface area contributed by atoms with Crippen LogP contribution in [0.25, 0.3) is 55.4 Å². The van der Waals surface area contributed by atoms with E-state index in [1.165, 1.54) is 21.5 Å². The molecule has 2 aliphatic rings. The van der Waals surface area contributed by atoms with Crippen molar-refractivity contribution in [3.8, 4) is 11.8 Å². The number of alkyl halides is 3. The van der Waals surface area contributed by atoms with Crippen molar-refractivity contribution >= 4 is 55.0 Å². The van der Waals surface area contributed by atoms with Crippen LogP contribution in [0.1, 0.15) is 5.56 Å². The smallest absolute Gasteiger partial charge is 0.394 e. The van der Waals surface area contributed by atoms with Gasteiger partial charge in [0.1, 0.15) is 0 Å². The van der Waals surface area contributed by atoms with Gasteiger partial charge >= 0.3 is 6.18 Å². The SMILES string of the molecule is CN1C=CN(c2[c-]c(N3C=CN(C)[CH-]3)cc(C(F)(F)F)c2)[CH-]1.Cn1cc(-n2c3[c-]cccc3c3ccccc32)nc1-n1c2[c-]cccc2c2ccccc21.[Ir]. The number of para-hydroxylation sites is 4. The number of hydrogen-bond donors (Lipinski definition) is 0. The number of anilines is 2. The molecule has 0 saturated heterocycles. The fourth-order valence-corrected chi connectivity index (χ4v) is 7.06. The van der Waals surface area contributed by atoms with E-state index in [4.69, 9.17) is 4.98 Å². The summed E-state index contributed by atoms with van der Waals surface area (Å²) in [4.78, 5) is 11.8. The summed E-state index contributed by atoms with van der Waals surface area (Å²) < 4.78 is 45.9. The Kier molecular flexibility index (Phi) is 9.19. The molecule has 0 atom stereocenters. The topological polar surface area (TPSA) is 40.6 Å². The zero-order valence-corrected chi connectivity index (χ0v) is 32.2. The first-order valence-corrected chi connectivity index (χ1v) is 17.2. The van der Waals surface area contributed by atoms with Gasteiger partial charge in [-0.25, -0.2) is 0 Å². The molecule has 2 aliphatic heterocycles. The molecule has 1 radical (unpaired) electrons. The minimum atomic E-state index is -4.41. The van der Waals surface area contributed by atoms with Gasteiger partial charge in [-0.2, -0.15) is 80.0 Å². The van der Waals surface area contributed by atoms with Crippen LogP contribution in [0.2, 0.25) is 0 Å². The van der Waals surface area contributed by atoms with Crippen LogP contribution in [-0.4, -0.2) is 42.6 Å². The minimum Gasteiger partial charge on any atom is -0.510 e. The molecule has 0 bridgehead atoms. The summed E-state index contributed by atoms with van der Waals surface area (Å²) in [6.07, 6.45) is 4.55. The second-order valence-electron chi connectivity index (χ2n) is 13.2. The maximum atomic E-state index is 13.1. The van der Waals surface area contributed by atoms with E-state index in [0.29, 0.717) is 11.4 Å². The molecule has 8 nitrogen and oxygen atoms in total. The Balaban J connectivity index is 0.000000164. The largest absolute Gasteiger partial charge is 0.510 e. The van der Waals surface area contributed by atoms with Gasteiger partial charge in [0.2, 0.25) is 5.95 Å². The number of aryl methyl sites for hydroxylation is 1. The fourth-order valence-electron chi connectivity index (χ4n) is 7.06. The molecule has 0 spiro atoms. The summed E-state index contributed by atoms with van der Waals surface area (Å²) in [5.74, 6) is 1.73. The number of rotatable bonds is 4. The molecule has 12 heteroatoms. The van der Waals surface area contributed by atoms with Crippen molar-refractivity contribution < 1.29 is 33.3 Å². The predicted molar refractivity (Wildman–Crippen MR) is 207 cm³/mol. The van der Waals surface area contributed by atoms with Crippen LogP contribution in [0.5, 0.6) is 0 Å². The van der Waals surface area contributed by atoms with E-state index >= 15 is 0 Å². The molecule has 3 aromatic heterocycles. The molecule has 0 N–H and O–H groups in total. The maximum absolute atomic E-state index is 13.1. The van der Waals surface area contributed by atoms with Gasteiger partial charge in [-0.3, -0.25) is 0 Å². The van der Waals surface area contributed by atoms with Gasteiger partial charge in [0.25, 0.3) is 0 Å². The summed E-state index contributed by atoms with van der Waals surface area (Å²) in [5, 5.41) is 4.77. The second kappa shape index (κ2) is 14.0. The molecule has 8 aromatic rings. The van der Waals surface area contributed by atoms with Gasteiger partial charge in [0.05, 0.1) is 6.20 Å². The van der Waals surface area contributed by atoms with Crippen LogP contribution >= 0.6 is 0 Å². The van der Waals surface area contributed by atoms with E-state index in [1.54, 1.807) is 71.8 Å². The van der Waals surface area contributed by atoms with Gasteiger partial charge in [-0.1, -0.05) is 53.0 Å². The molecule has 55 heavy (non-hydrogen) atoms. The third kappa shape index (κ3) is 6.41. The zero-order valence-electron chi connectivity index (χ0n) is 29.8. The third-order valence-corrected chi connectivity index (χ3v) is 9.52. The van der Waals surface area contributed by atoms with Crippen molar-refractivity contribution in [2.75, 3.05) is 23.9 Å². The first kappa shape index (κ1) is 36.0. The molecule has 5 aromatic carbocycles. The molecule has 0 saturated carbocycles. The Morgan fingerprint density at radius 1 is 0.618 bits per heavy atom. The zero-order chi connectivity index (χ0) is 37.1. The summed E-state index contributed by atoms with van der Waals surface area (Å²) >= 11 is 0. The molecule has 279 valence electrons. The average Bonchev–Trinajstić information content (AvgIpc) is 4.01. The van der Waals surface area contributed by atoms with Crippen LogP contribution in [0.3, 0.4) is 0 Å². The molecule has 10 rings (SSSR count). The van der Waals surface area contributed by atoms with E-state index in [2.05, 4.69) is 98.8 Å². The number of hydrogen-bond acceptors (Lipinski definition) is 5. The normalized spacial score (nSPS) is 14.1. The first-order chi connectivity index (χ1) is 26.1. The molecule has 0 aliphatic carbocycles. The van der Waals surface area contributed by atoms with Crippen molar-refractivity contribution in [2.45, 2.75) is 6.18 Å². The Morgan fingerprint density at radius 3 is 1.62 bits per heavy atom. The number of benzene rings is 5. The Bertz CT molecular complexity index is 2610. The molecule has 0 fully saturated rings. The molecule has 0 unspecified atom stereocenters. The van der Waals surface area contributed by atoms with Gasteiger partial charge < -0.3 is 33.3 Å². The van der Waals surface area contributed by atoms with Crippen molar-refractivity contribution in [1.82, 2.24) is 28.5 Å².